The first-order valence-corrected chi connectivity index (χ1v) is 14.4. The average molecular weight is 685 g/mol. The molecule has 1 atom stereocenters. The number of benzene rings is 1. The van der Waals surface area contributed by atoms with Crippen LogP contribution < -0.4 is 15.4 Å². The molecule has 2 N–H and O–H groups in total. The first-order chi connectivity index (χ1) is 22.2. The maximum Gasteiger partial charge on any atom is 0.451 e. The number of hydrogen-bond donors (Lipinski definition) is 2. The van der Waals surface area contributed by atoms with Crippen LogP contribution in [0.15, 0.2) is 60.9 Å². The minimum Gasteiger partial charge on any atom is -0.474 e. The summed E-state index contributed by atoms with van der Waals surface area (Å²) in [6.07, 6.45) is -6.82. The molecule has 3 amide bonds. The summed E-state index contributed by atoms with van der Waals surface area (Å²) in [4.78, 5) is 49.8. The highest BCUT2D eigenvalue weighted by molar-refractivity contribution is 6.30. The van der Waals surface area contributed by atoms with Crippen LogP contribution >= 0.6 is 11.6 Å². The molecule has 10 nitrogen and oxygen atoms in total. The number of carbonyl (C=O) groups is 3. The second-order valence-corrected chi connectivity index (χ2v) is 10.7. The molecule has 3 aromatic rings. The Morgan fingerprint density at radius 3 is 2.32 bits per heavy atom. The standard InChI is InChI=1S/C30H27ClF6N6O4/c31-19-7-4-18(5-8-19)6-9-24(44)41-23(15-20-3-1-2-12-38-20)26(46)39-17-25(45)43-13-10-21(11-14-43)47-27-22(29(32,33)34)16-40-28(42-27)30(35,36)37/h1-9,12,16,21,23H,10-11,13-15,17H2,(H,39,46)(H,41,44)/b9-6+. The van der Waals surface area contributed by atoms with Crippen molar-refractivity contribution in [3.63, 3.8) is 0 Å². The molecule has 2 aromatic heterocycles. The Morgan fingerprint density at radius 2 is 1.70 bits per heavy atom. The number of likely N-dealkylation sites (tertiary alicyclic amines) is 1. The second kappa shape index (κ2) is 15.2. The van der Waals surface area contributed by atoms with E-state index in [0.29, 0.717) is 16.3 Å². The summed E-state index contributed by atoms with van der Waals surface area (Å²) < 4.78 is 84.3. The van der Waals surface area contributed by atoms with E-state index in [2.05, 4.69) is 25.6 Å². The minimum absolute atomic E-state index is 0.0124. The number of nitrogens with zero attached hydrogens (tertiary/aromatic N) is 4. The van der Waals surface area contributed by atoms with E-state index in [-0.39, 0.29) is 38.5 Å². The number of nitrogens with one attached hydrogen (secondary N) is 2. The number of ether oxygens (including phenoxy) is 1. The number of pyridine rings is 1. The van der Waals surface area contributed by atoms with Gasteiger partial charge in [-0.1, -0.05) is 29.8 Å². The smallest absolute Gasteiger partial charge is 0.451 e. The summed E-state index contributed by atoms with van der Waals surface area (Å²) in [7, 11) is 0. The zero-order valence-electron chi connectivity index (χ0n) is 24.3. The molecule has 1 aliphatic heterocycles. The van der Waals surface area contributed by atoms with Crippen LogP contribution in [-0.2, 0) is 33.2 Å². The molecule has 1 saturated heterocycles. The summed E-state index contributed by atoms with van der Waals surface area (Å²) in [6.45, 7) is -0.484. The summed E-state index contributed by atoms with van der Waals surface area (Å²) >= 11 is 5.87. The monoisotopic (exact) mass is 684 g/mol. The number of aromatic nitrogens is 3. The second-order valence-electron chi connectivity index (χ2n) is 10.3. The molecule has 0 spiro atoms. The number of halogens is 7. The summed E-state index contributed by atoms with van der Waals surface area (Å²) in [6, 6.07) is 10.7. The SMILES string of the molecule is O=C(/C=C/c1ccc(Cl)cc1)NC(Cc1ccccn1)C(=O)NCC(=O)N1CCC(Oc2nc(C(F)(F)F)ncc2C(F)(F)F)CC1. The molecule has 4 rings (SSSR count). The van der Waals surface area contributed by atoms with E-state index in [1.807, 2.05) is 0 Å². The van der Waals surface area contributed by atoms with Crippen LogP contribution in [0.3, 0.4) is 0 Å². The quantitative estimate of drug-likeness (QED) is 0.238. The predicted molar refractivity (Wildman–Crippen MR) is 156 cm³/mol. The fourth-order valence-electron chi connectivity index (χ4n) is 4.47. The van der Waals surface area contributed by atoms with Crippen LogP contribution in [-0.4, -0.2) is 69.4 Å². The number of amides is 3. The Morgan fingerprint density at radius 1 is 1.00 bits per heavy atom. The largest absolute Gasteiger partial charge is 0.474 e. The van der Waals surface area contributed by atoms with E-state index in [1.165, 1.54) is 23.2 Å². The molecular formula is C30H27ClF6N6O4. The highest BCUT2D eigenvalue weighted by atomic mass is 35.5. The number of piperidine rings is 1. The topological polar surface area (TPSA) is 126 Å². The van der Waals surface area contributed by atoms with Gasteiger partial charge in [0, 0.05) is 61.5 Å². The Balaban J connectivity index is 1.33. The van der Waals surface area contributed by atoms with Crippen molar-refractivity contribution >= 4 is 35.4 Å². The van der Waals surface area contributed by atoms with Crippen molar-refractivity contribution < 1.29 is 45.5 Å². The van der Waals surface area contributed by atoms with Gasteiger partial charge in [-0.05, 0) is 35.9 Å². The summed E-state index contributed by atoms with van der Waals surface area (Å²) in [5.74, 6) is -4.80. The number of rotatable bonds is 10. The maximum atomic E-state index is 13.4. The zero-order valence-corrected chi connectivity index (χ0v) is 25.1. The van der Waals surface area contributed by atoms with Crippen molar-refractivity contribution in [2.24, 2.45) is 0 Å². The van der Waals surface area contributed by atoms with Crippen LogP contribution in [0.2, 0.25) is 5.02 Å². The first kappa shape index (κ1) is 35.1. The van der Waals surface area contributed by atoms with Crippen LogP contribution in [0.25, 0.3) is 6.08 Å². The van der Waals surface area contributed by atoms with Crippen LogP contribution in [0, 0.1) is 0 Å². The van der Waals surface area contributed by atoms with Crippen molar-refractivity contribution in [3.8, 4) is 5.88 Å². The van der Waals surface area contributed by atoms with Crippen molar-refractivity contribution in [1.82, 2.24) is 30.5 Å². The lowest BCUT2D eigenvalue weighted by molar-refractivity contribution is -0.149. The van der Waals surface area contributed by atoms with Crippen LogP contribution in [0.5, 0.6) is 5.88 Å². The number of carbonyl (C=O) groups excluding carboxylic acids is 3. The molecule has 47 heavy (non-hydrogen) atoms. The van der Waals surface area contributed by atoms with Crippen LogP contribution in [0.4, 0.5) is 26.3 Å². The highest BCUT2D eigenvalue weighted by Crippen LogP contribution is 2.37. The normalized spacial score (nSPS) is 14.9. The third kappa shape index (κ3) is 10.4. The lowest BCUT2D eigenvalue weighted by Gasteiger charge is -2.32. The fraction of sp³-hybridized carbons (Fsp3) is 0.333. The van der Waals surface area contributed by atoms with Gasteiger partial charge in [-0.25, -0.2) is 4.98 Å². The Bertz CT molecular complexity index is 1580. The molecule has 250 valence electrons. The van der Waals surface area contributed by atoms with E-state index in [1.54, 1.807) is 42.5 Å². The molecule has 0 aliphatic carbocycles. The molecule has 1 unspecified atom stereocenters. The molecule has 17 heteroatoms. The van der Waals surface area contributed by atoms with E-state index in [9.17, 15) is 40.7 Å². The third-order valence-corrected chi connectivity index (χ3v) is 7.12. The average Bonchev–Trinajstić information content (AvgIpc) is 3.03. The van der Waals surface area contributed by atoms with E-state index >= 15 is 0 Å². The van der Waals surface area contributed by atoms with Gasteiger partial charge in [0.25, 0.3) is 0 Å². The third-order valence-electron chi connectivity index (χ3n) is 6.87. The van der Waals surface area contributed by atoms with Crippen molar-refractivity contribution in [2.45, 2.75) is 43.8 Å². The van der Waals surface area contributed by atoms with Gasteiger partial charge in [-0.2, -0.15) is 31.3 Å². The van der Waals surface area contributed by atoms with Gasteiger partial charge in [0.2, 0.25) is 29.4 Å². The van der Waals surface area contributed by atoms with Crippen molar-refractivity contribution in [1.29, 1.82) is 0 Å². The fourth-order valence-corrected chi connectivity index (χ4v) is 4.59. The van der Waals surface area contributed by atoms with E-state index in [4.69, 9.17) is 16.3 Å². The molecule has 3 heterocycles. The van der Waals surface area contributed by atoms with Gasteiger partial charge < -0.3 is 20.3 Å². The summed E-state index contributed by atoms with van der Waals surface area (Å²) in [5.41, 5.74) is -0.360. The van der Waals surface area contributed by atoms with Crippen molar-refractivity contribution in [3.05, 3.63) is 88.6 Å². The molecule has 0 saturated carbocycles. The van der Waals surface area contributed by atoms with Gasteiger partial charge in [0.05, 0.1) is 6.54 Å². The molecule has 1 aliphatic rings. The predicted octanol–water partition coefficient (Wildman–Crippen LogP) is 4.49. The first-order valence-electron chi connectivity index (χ1n) is 14.1. The van der Waals surface area contributed by atoms with E-state index < -0.39 is 66.0 Å². The molecule has 1 fully saturated rings. The molecule has 0 radical (unpaired) electrons. The highest BCUT2D eigenvalue weighted by Gasteiger charge is 2.41. The number of alkyl halides is 6. The zero-order chi connectivity index (χ0) is 34.2. The molecular weight excluding hydrogens is 658 g/mol. The Labute approximate surface area is 269 Å². The number of hydrogen-bond acceptors (Lipinski definition) is 7. The molecule has 0 bridgehead atoms. The van der Waals surface area contributed by atoms with Crippen molar-refractivity contribution in [2.75, 3.05) is 19.6 Å². The Hall–Kier alpha value is -4.73. The lowest BCUT2D eigenvalue weighted by Crippen LogP contribution is -2.51. The van der Waals surface area contributed by atoms with Gasteiger partial charge in [-0.15, -0.1) is 0 Å². The van der Waals surface area contributed by atoms with Gasteiger partial charge in [0.15, 0.2) is 0 Å². The van der Waals surface area contributed by atoms with Crippen LogP contribution in [0.1, 0.15) is 35.5 Å². The maximum absolute atomic E-state index is 13.4. The van der Waals surface area contributed by atoms with Gasteiger partial charge in [0.1, 0.15) is 17.7 Å². The Kier molecular flexibility index (Phi) is 11.4. The van der Waals surface area contributed by atoms with Gasteiger partial charge >= 0.3 is 12.4 Å². The van der Waals surface area contributed by atoms with E-state index in [0.717, 1.165) is 0 Å². The lowest BCUT2D eigenvalue weighted by atomic mass is 10.1. The molecule has 1 aromatic carbocycles. The summed E-state index contributed by atoms with van der Waals surface area (Å²) in [5, 5.41) is 5.61. The minimum atomic E-state index is -5.09. The van der Waals surface area contributed by atoms with Gasteiger partial charge in [-0.3, -0.25) is 19.4 Å².